The fourth-order valence-electron chi connectivity index (χ4n) is 3.61. The molecule has 0 aliphatic heterocycles. The van der Waals surface area contributed by atoms with Crippen molar-refractivity contribution in [3.05, 3.63) is 102 Å². The first-order valence-electron chi connectivity index (χ1n) is 11.5. The first-order valence-corrected chi connectivity index (χ1v) is 11.5. The van der Waals surface area contributed by atoms with Crippen LogP contribution >= 0.6 is 0 Å². The Morgan fingerprint density at radius 1 is 0.581 bits per heavy atom. The lowest BCUT2D eigenvalue weighted by Crippen LogP contribution is -1.99. The minimum atomic E-state index is 0.213. The normalized spacial score (nSPS) is 10.6. The summed E-state index contributed by atoms with van der Waals surface area (Å²) in [6.45, 7) is 16.8. The lowest BCUT2D eigenvalue weighted by molar-refractivity contribution is 0.0982. The Bertz CT molecular complexity index is 806. The van der Waals surface area contributed by atoms with Crippen LogP contribution in [-0.2, 0) is 0 Å². The monoisotopic (exact) mass is 414 g/mol. The van der Waals surface area contributed by atoms with Crippen LogP contribution in [0.25, 0.3) is 5.57 Å². The molecule has 0 N–H and O–H groups in total. The Labute approximate surface area is 189 Å². The molecule has 1 heteroatoms. The van der Waals surface area contributed by atoms with Crippen molar-refractivity contribution in [1.29, 1.82) is 0 Å². The summed E-state index contributed by atoms with van der Waals surface area (Å²) in [5, 5.41) is 0. The van der Waals surface area contributed by atoms with Crippen molar-refractivity contribution in [2.24, 2.45) is 0 Å². The fraction of sp³-hybridized carbons (Fsp3) is 0.367. The second-order valence-electron chi connectivity index (χ2n) is 8.82. The van der Waals surface area contributed by atoms with Gasteiger partial charge in [-0.25, -0.2) is 0 Å². The molecule has 2 rings (SSSR count). The van der Waals surface area contributed by atoms with Gasteiger partial charge in [0.25, 0.3) is 0 Å². The van der Waals surface area contributed by atoms with Crippen LogP contribution in [0, 0.1) is 13.8 Å². The predicted molar refractivity (Wildman–Crippen MR) is 136 cm³/mol. The van der Waals surface area contributed by atoms with E-state index < -0.39 is 0 Å². The first kappa shape index (κ1) is 24.6. The number of carbonyl (C=O) groups excluding carboxylic acids is 1. The van der Waals surface area contributed by atoms with Crippen LogP contribution in [0.4, 0.5) is 0 Å². The van der Waals surface area contributed by atoms with E-state index in [0.29, 0.717) is 6.42 Å². The lowest BCUT2D eigenvalue weighted by atomic mass is 9.96. The molecule has 164 valence electrons. The first-order chi connectivity index (χ1) is 14.8. The lowest BCUT2D eigenvalue weighted by Gasteiger charge is -2.09. The van der Waals surface area contributed by atoms with Crippen LogP contribution in [0.2, 0.25) is 0 Å². The van der Waals surface area contributed by atoms with Crippen molar-refractivity contribution in [1.82, 2.24) is 0 Å². The van der Waals surface area contributed by atoms with Gasteiger partial charge >= 0.3 is 0 Å². The van der Waals surface area contributed by atoms with Crippen LogP contribution in [0.1, 0.15) is 84.8 Å². The molecule has 0 atom stereocenters. The van der Waals surface area contributed by atoms with E-state index >= 15 is 0 Å². The summed E-state index contributed by atoms with van der Waals surface area (Å²) in [4.78, 5) is 12.3. The van der Waals surface area contributed by atoms with Crippen molar-refractivity contribution in [2.75, 3.05) is 0 Å². The number of hydrogen-bond acceptors (Lipinski definition) is 1. The third-order valence-corrected chi connectivity index (χ3v) is 5.88. The Kier molecular flexibility index (Phi) is 10.2. The van der Waals surface area contributed by atoms with Gasteiger partial charge in [-0.1, -0.05) is 97.0 Å². The zero-order valence-electron chi connectivity index (χ0n) is 19.5. The molecular formula is C30H38O. The van der Waals surface area contributed by atoms with Gasteiger partial charge in [0.05, 0.1) is 0 Å². The Balaban J connectivity index is 1.53. The molecule has 1 nitrogen and oxygen atoms in total. The Morgan fingerprint density at radius 2 is 1.03 bits per heavy atom. The maximum atomic E-state index is 12.3. The largest absolute Gasteiger partial charge is 0.294 e. The van der Waals surface area contributed by atoms with E-state index in [2.05, 4.69) is 50.9 Å². The van der Waals surface area contributed by atoms with E-state index in [9.17, 15) is 4.79 Å². The minimum Gasteiger partial charge on any atom is -0.294 e. The Morgan fingerprint density at radius 3 is 1.55 bits per heavy atom. The summed E-state index contributed by atoms with van der Waals surface area (Å²) in [5.74, 6) is 0.213. The van der Waals surface area contributed by atoms with Crippen molar-refractivity contribution in [3.8, 4) is 0 Å². The second-order valence-corrected chi connectivity index (χ2v) is 8.82. The number of ketones is 1. The topological polar surface area (TPSA) is 17.1 Å². The number of benzene rings is 2. The van der Waals surface area contributed by atoms with E-state index in [-0.39, 0.29) is 5.78 Å². The highest BCUT2D eigenvalue weighted by Gasteiger charge is 2.07. The smallest absolute Gasteiger partial charge is 0.163 e. The van der Waals surface area contributed by atoms with Gasteiger partial charge in [0.1, 0.15) is 0 Å². The molecule has 0 aromatic heterocycles. The van der Waals surface area contributed by atoms with Gasteiger partial charge in [0.2, 0.25) is 0 Å². The van der Waals surface area contributed by atoms with Crippen molar-refractivity contribution < 1.29 is 4.79 Å². The van der Waals surface area contributed by atoms with E-state index in [1.807, 2.05) is 31.2 Å². The van der Waals surface area contributed by atoms with Gasteiger partial charge in [0, 0.05) is 12.0 Å². The maximum absolute atomic E-state index is 12.3. The van der Waals surface area contributed by atoms with Crippen molar-refractivity contribution in [3.63, 3.8) is 0 Å². The predicted octanol–water partition coefficient (Wildman–Crippen LogP) is 8.82. The van der Waals surface area contributed by atoms with Crippen molar-refractivity contribution >= 4 is 11.4 Å². The second kappa shape index (κ2) is 12.9. The van der Waals surface area contributed by atoms with Crippen LogP contribution in [0.3, 0.4) is 0 Å². The van der Waals surface area contributed by atoms with Gasteiger partial charge < -0.3 is 0 Å². The third kappa shape index (κ3) is 9.34. The standard InChI is InChI=1S/C30H38O/c1-23(11-17-27(5)28-18-12-25(3)13-19-28)9-7-6-8-10-24(2)16-22-30(31)29-20-14-26(4)15-21-29/h12-15,18-21H,1-2,5-11,16-17,22H2,3-4H3. The van der Waals surface area contributed by atoms with Crippen molar-refractivity contribution in [2.45, 2.75) is 71.6 Å². The third-order valence-electron chi connectivity index (χ3n) is 5.88. The van der Waals surface area contributed by atoms with E-state index in [0.717, 1.165) is 44.1 Å². The van der Waals surface area contributed by atoms with Gasteiger partial charge in [-0.2, -0.15) is 0 Å². The van der Waals surface area contributed by atoms with Crippen LogP contribution < -0.4 is 0 Å². The maximum Gasteiger partial charge on any atom is 0.163 e. The molecule has 0 heterocycles. The number of aryl methyl sites for hydroxylation is 2. The van der Waals surface area contributed by atoms with Gasteiger partial charge in [-0.05, 0) is 69.9 Å². The molecule has 0 aliphatic carbocycles. The van der Waals surface area contributed by atoms with E-state index in [1.54, 1.807) is 0 Å². The molecule has 0 saturated carbocycles. The minimum absolute atomic E-state index is 0.213. The molecule has 0 radical (unpaired) electrons. The highest BCUT2D eigenvalue weighted by Crippen LogP contribution is 2.23. The molecular weight excluding hydrogens is 376 g/mol. The molecule has 31 heavy (non-hydrogen) atoms. The summed E-state index contributed by atoms with van der Waals surface area (Å²) in [6.07, 6.45) is 8.94. The summed E-state index contributed by atoms with van der Waals surface area (Å²) in [7, 11) is 0. The number of rotatable bonds is 14. The number of hydrogen-bond donors (Lipinski definition) is 0. The highest BCUT2D eigenvalue weighted by molar-refractivity contribution is 5.96. The average Bonchev–Trinajstić information content (AvgIpc) is 2.76. The van der Waals surface area contributed by atoms with Crippen LogP contribution in [-0.4, -0.2) is 5.78 Å². The number of unbranched alkanes of at least 4 members (excludes halogenated alkanes) is 2. The van der Waals surface area contributed by atoms with Gasteiger partial charge in [0.15, 0.2) is 5.78 Å². The zero-order chi connectivity index (χ0) is 22.6. The Hall–Kier alpha value is -2.67. The summed E-state index contributed by atoms with van der Waals surface area (Å²) in [6, 6.07) is 16.4. The van der Waals surface area contributed by atoms with Crippen LogP contribution in [0.5, 0.6) is 0 Å². The molecule has 0 spiro atoms. The number of carbonyl (C=O) groups is 1. The molecule has 0 amide bonds. The number of Topliss-reactive ketones (excluding diaryl/α,β-unsaturated/α-hetero) is 1. The SMILES string of the molecule is C=C(CCCCCC(=C)CCC(=O)c1ccc(C)cc1)CCC(=C)c1ccc(C)cc1. The molecule has 0 saturated heterocycles. The molecule has 0 fully saturated rings. The van der Waals surface area contributed by atoms with E-state index in [4.69, 9.17) is 0 Å². The molecule has 0 bridgehead atoms. The summed E-state index contributed by atoms with van der Waals surface area (Å²) in [5.41, 5.74) is 8.20. The van der Waals surface area contributed by atoms with Gasteiger partial charge in [-0.3, -0.25) is 4.79 Å². The summed E-state index contributed by atoms with van der Waals surface area (Å²) >= 11 is 0. The fourth-order valence-corrected chi connectivity index (χ4v) is 3.61. The quantitative estimate of drug-likeness (QED) is 0.171. The summed E-state index contributed by atoms with van der Waals surface area (Å²) < 4.78 is 0. The van der Waals surface area contributed by atoms with Gasteiger partial charge in [-0.15, -0.1) is 0 Å². The van der Waals surface area contributed by atoms with Crippen LogP contribution in [0.15, 0.2) is 79.4 Å². The highest BCUT2D eigenvalue weighted by atomic mass is 16.1. The number of allylic oxidation sites excluding steroid dienone is 3. The molecule has 0 aliphatic rings. The van der Waals surface area contributed by atoms with E-state index in [1.165, 1.54) is 46.3 Å². The molecule has 0 unspecified atom stereocenters. The zero-order valence-corrected chi connectivity index (χ0v) is 19.5. The average molecular weight is 415 g/mol. The molecule has 2 aromatic carbocycles. The molecule has 2 aromatic rings.